The van der Waals surface area contributed by atoms with E-state index >= 15 is 0 Å². The van der Waals surface area contributed by atoms with Gasteiger partial charge in [-0.2, -0.15) is 0 Å². The molecule has 2 N–H and O–H groups in total. The van der Waals surface area contributed by atoms with Crippen LogP contribution in [0.15, 0.2) is 25.3 Å². The lowest BCUT2D eigenvalue weighted by molar-refractivity contribution is -0.914. The van der Waals surface area contributed by atoms with Crippen LogP contribution in [-0.4, -0.2) is 40.4 Å². The molecule has 6 heteroatoms. The fourth-order valence-corrected chi connectivity index (χ4v) is 1.36. The van der Waals surface area contributed by atoms with Crippen molar-refractivity contribution in [2.75, 3.05) is 26.2 Å². The largest absolute Gasteiger partial charge is 0.756 e. The van der Waals surface area contributed by atoms with Crippen molar-refractivity contribution in [3.8, 4) is 0 Å². The third-order valence-corrected chi connectivity index (χ3v) is 2.37. The molecule has 0 aromatic heterocycles. The van der Waals surface area contributed by atoms with Crippen LogP contribution in [0.1, 0.15) is 13.8 Å². The van der Waals surface area contributed by atoms with Crippen molar-refractivity contribution < 1.29 is 23.7 Å². The first-order valence-electron chi connectivity index (χ1n) is 5.08. The zero-order chi connectivity index (χ0) is 13.2. The average molecular weight is 251 g/mol. The van der Waals surface area contributed by atoms with Crippen LogP contribution in [0.2, 0.25) is 0 Å². The predicted molar refractivity (Wildman–Crippen MR) is 63.5 cm³/mol. The lowest BCUT2D eigenvalue weighted by atomic mass is 10.3. The number of likely N-dealkylation sites (N-methyl/N-ethyl adjacent to an activating group) is 1. The van der Waals surface area contributed by atoms with Gasteiger partial charge in [0, 0.05) is 0 Å². The fourth-order valence-electron chi connectivity index (χ4n) is 1.36. The minimum Gasteiger partial charge on any atom is -0.756 e. The summed E-state index contributed by atoms with van der Waals surface area (Å²) in [5.41, 5.74) is 0. The van der Waals surface area contributed by atoms with Gasteiger partial charge in [0.15, 0.2) is 0 Å². The highest BCUT2D eigenvalue weighted by Crippen LogP contribution is 2.18. The molecule has 0 fully saturated rings. The van der Waals surface area contributed by atoms with Crippen LogP contribution in [0.25, 0.3) is 0 Å². The van der Waals surface area contributed by atoms with Crippen LogP contribution in [0, 0.1) is 0 Å². The highest BCUT2D eigenvalue weighted by Gasteiger charge is 2.18. The molecule has 0 unspecified atom stereocenters. The van der Waals surface area contributed by atoms with Crippen LogP contribution in [-0.2, 0) is 4.57 Å². The average Bonchev–Trinajstić information content (AvgIpc) is 2.15. The van der Waals surface area contributed by atoms with Gasteiger partial charge in [0.2, 0.25) is 0 Å². The summed E-state index contributed by atoms with van der Waals surface area (Å²) < 4.78 is 9.86. The fraction of sp³-hybridized carbons (Fsp3) is 0.600. The van der Waals surface area contributed by atoms with Crippen LogP contribution in [0.4, 0.5) is 0 Å². The topological polar surface area (TPSA) is 80.6 Å². The Kier molecular flexibility index (Phi) is 9.72. The highest BCUT2D eigenvalue weighted by molar-refractivity contribution is 7.43. The Morgan fingerprint density at radius 3 is 1.56 bits per heavy atom. The number of hydrogen-bond acceptors (Lipinski definition) is 2. The molecular weight excluding hydrogens is 229 g/mol. The Hall–Kier alpha value is -0.450. The third-order valence-electron chi connectivity index (χ3n) is 2.37. The first-order valence-corrected chi connectivity index (χ1v) is 6.61. The quantitative estimate of drug-likeness (QED) is 0.413. The van der Waals surface area contributed by atoms with E-state index in [-0.39, 0.29) is 0 Å². The van der Waals surface area contributed by atoms with Gasteiger partial charge in [0.1, 0.15) is 0 Å². The monoisotopic (exact) mass is 251 g/mol. The number of quaternary nitrogens is 1. The Morgan fingerprint density at radius 2 is 1.44 bits per heavy atom. The van der Waals surface area contributed by atoms with Crippen LogP contribution in [0.3, 0.4) is 0 Å². The zero-order valence-corrected chi connectivity index (χ0v) is 10.9. The standard InChI is InChI=1S/C10H20N.H3O4P/c1-5-9-11(7-3,8-4)10-6-2;1-5(2,3)4/h5-6H,1-2,7-10H2,3-4H3;(H3,1,2,3,4)/q+1;/p-1. The van der Waals surface area contributed by atoms with Gasteiger partial charge in [-0.3, -0.25) is 4.57 Å². The molecule has 0 aliphatic heterocycles. The summed E-state index contributed by atoms with van der Waals surface area (Å²) in [5, 5.41) is 0. The Labute approximate surface area is 97.6 Å². The molecule has 0 heterocycles. The summed E-state index contributed by atoms with van der Waals surface area (Å²) in [6.07, 6.45) is 3.99. The second-order valence-corrected chi connectivity index (χ2v) is 4.39. The maximum absolute atomic E-state index is 8.77. The SMILES string of the molecule is C=CC[N+](CC)(CC)CC=C.O=P([O-])(O)O. The summed E-state index contributed by atoms with van der Waals surface area (Å²) >= 11 is 0. The van der Waals surface area contributed by atoms with Gasteiger partial charge in [-0.15, -0.1) is 0 Å². The van der Waals surface area contributed by atoms with Crippen LogP contribution in [0.5, 0.6) is 0 Å². The zero-order valence-electron chi connectivity index (χ0n) is 10.0. The molecule has 0 aliphatic rings. The van der Waals surface area contributed by atoms with Gasteiger partial charge >= 0.3 is 0 Å². The molecule has 0 spiro atoms. The highest BCUT2D eigenvalue weighted by atomic mass is 31.2. The van der Waals surface area contributed by atoms with E-state index in [1.165, 1.54) is 0 Å². The van der Waals surface area contributed by atoms with Crippen molar-refractivity contribution in [3.05, 3.63) is 25.3 Å². The molecule has 0 saturated heterocycles. The van der Waals surface area contributed by atoms with Crippen molar-refractivity contribution in [1.29, 1.82) is 0 Å². The van der Waals surface area contributed by atoms with E-state index in [0.29, 0.717) is 0 Å². The summed E-state index contributed by atoms with van der Waals surface area (Å²) in [6, 6.07) is 0. The van der Waals surface area contributed by atoms with Crippen molar-refractivity contribution >= 4 is 7.82 Å². The van der Waals surface area contributed by atoms with E-state index in [1.807, 2.05) is 12.2 Å². The van der Waals surface area contributed by atoms with Gasteiger partial charge in [-0.05, 0) is 26.0 Å². The van der Waals surface area contributed by atoms with Crippen molar-refractivity contribution in [2.24, 2.45) is 0 Å². The van der Waals surface area contributed by atoms with E-state index in [4.69, 9.17) is 19.2 Å². The van der Waals surface area contributed by atoms with Crippen molar-refractivity contribution in [1.82, 2.24) is 0 Å². The molecule has 0 amide bonds. The molecule has 16 heavy (non-hydrogen) atoms. The molecule has 0 saturated carbocycles. The third kappa shape index (κ3) is 11.6. The lowest BCUT2D eigenvalue weighted by Crippen LogP contribution is -2.47. The normalized spacial score (nSPS) is 11.3. The molecule has 0 aromatic carbocycles. The summed E-state index contributed by atoms with van der Waals surface area (Å²) in [4.78, 5) is 22.9. The maximum Gasteiger partial charge on any atom is 0.262 e. The van der Waals surface area contributed by atoms with Crippen molar-refractivity contribution in [3.63, 3.8) is 0 Å². The number of rotatable bonds is 6. The van der Waals surface area contributed by atoms with Gasteiger partial charge in [-0.25, -0.2) is 0 Å². The second kappa shape index (κ2) is 8.67. The number of hydrogen-bond donors (Lipinski definition) is 2. The van der Waals surface area contributed by atoms with Crippen molar-refractivity contribution in [2.45, 2.75) is 13.8 Å². The van der Waals surface area contributed by atoms with Gasteiger partial charge < -0.3 is 19.2 Å². The van der Waals surface area contributed by atoms with Gasteiger partial charge in [0.05, 0.1) is 26.2 Å². The molecule has 0 rings (SSSR count). The molecule has 5 nitrogen and oxygen atoms in total. The number of nitrogens with zero attached hydrogens (tertiary/aromatic N) is 1. The molecule has 0 aliphatic carbocycles. The second-order valence-electron chi connectivity index (χ2n) is 3.41. The van der Waals surface area contributed by atoms with Gasteiger partial charge in [0.25, 0.3) is 7.82 Å². The maximum atomic E-state index is 8.77. The molecule has 0 atom stereocenters. The first kappa shape index (κ1) is 17.9. The van der Waals surface area contributed by atoms with E-state index in [1.54, 1.807) is 0 Å². The number of phosphoric acid groups is 1. The minimum absolute atomic E-state index is 1.05. The van der Waals surface area contributed by atoms with E-state index in [9.17, 15) is 0 Å². The molecule has 0 radical (unpaired) electrons. The molecular formula is C10H22NO4P. The molecule has 0 bridgehead atoms. The Bertz CT molecular complexity index is 225. The van der Waals surface area contributed by atoms with Gasteiger partial charge in [-0.1, -0.05) is 13.2 Å². The summed E-state index contributed by atoms with van der Waals surface area (Å²) in [7, 11) is -4.89. The van der Waals surface area contributed by atoms with Crippen LogP contribution >= 0.6 is 7.82 Å². The van der Waals surface area contributed by atoms with Crippen LogP contribution < -0.4 is 4.89 Å². The summed E-state index contributed by atoms with van der Waals surface area (Å²) in [5.74, 6) is 0. The smallest absolute Gasteiger partial charge is 0.262 e. The van der Waals surface area contributed by atoms with E-state index in [2.05, 4.69) is 27.0 Å². The lowest BCUT2D eigenvalue weighted by Gasteiger charge is -2.34. The predicted octanol–water partition coefficient (Wildman–Crippen LogP) is 0.654. The van der Waals surface area contributed by atoms with E-state index < -0.39 is 7.82 Å². The first-order chi connectivity index (χ1) is 7.24. The molecule has 96 valence electrons. The summed E-state index contributed by atoms with van der Waals surface area (Å²) in [6.45, 7) is 16.4. The Balaban J connectivity index is 0. The minimum atomic E-state index is -4.89. The Morgan fingerprint density at radius 1 is 1.19 bits per heavy atom. The van der Waals surface area contributed by atoms with E-state index in [0.717, 1.165) is 30.7 Å². The molecule has 0 aromatic rings.